The molecule has 4 heterocycles. The average molecular weight is 359 g/mol. The van der Waals surface area contributed by atoms with E-state index in [9.17, 15) is 4.79 Å². The van der Waals surface area contributed by atoms with Gasteiger partial charge in [-0.2, -0.15) is 5.10 Å². The lowest BCUT2D eigenvalue weighted by molar-refractivity contribution is 0.0718. The molecule has 0 bridgehead atoms. The highest BCUT2D eigenvalue weighted by atomic mass is 32.1. The van der Waals surface area contributed by atoms with E-state index in [1.165, 1.54) is 21.8 Å². The maximum absolute atomic E-state index is 12.9. The minimum atomic E-state index is -0.00986. The Balaban J connectivity index is 1.74. The van der Waals surface area contributed by atoms with Gasteiger partial charge in [0.15, 0.2) is 0 Å². The van der Waals surface area contributed by atoms with Crippen molar-refractivity contribution >= 4 is 45.6 Å². The number of amides is 1. The lowest BCUT2D eigenvalue weighted by Crippen LogP contribution is -2.26. The fourth-order valence-electron chi connectivity index (χ4n) is 2.73. The van der Waals surface area contributed by atoms with E-state index >= 15 is 0 Å². The standard InChI is InChI=1S/C17H14N2OS3/c1-11-6-9-23-16(11)13-10-12(14-4-2-7-21-14)18-19(13)17(20)15-5-3-8-22-15/h2-9,13H,10H2,1H3/t13-/m0/s1. The Hall–Kier alpha value is -1.76. The number of hydrazone groups is 1. The summed E-state index contributed by atoms with van der Waals surface area (Å²) in [5.41, 5.74) is 2.23. The number of carbonyl (C=O) groups is 1. The van der Waals surface area contributed by atoms with E-state index in [0.717, 1.165) is 21.9 Å². The SMILES string of the molecule is Cc1ccsc1[C@@H]1CC(c2cccs2)=NN1C(=O)c1cccs1. The Morgan fingerprint density at radius 1 is 1.13 bits per heavy atom. The summed E-state index contributed by atoms with van der Waals surface area (Å²) in [7, 11) is 0. The van der Waals surface area contributed by atoms with E-state index in [4.69, 9.17) is 0 Å². The van der Waals surface area contributed by atoms with Crippen molar-refractivity contribution in [2.75, 3.05) is 0 Å². The fraction of sp³-hybridized carbons (Fsp3) is 0.176. The predicted octanol–water partition coefficient (Wildman–Crippen LogP) is 5.17. The number of aryl methyl sites for hydroxylation is 1. The molecule has 1 atom stereocenters. The topological polar surface area (TPSA) is 32.7 Å². The van der Waals surface area contributed by atoms with Gasteiger partial charge in [0, 0.05) is 11.3 Å². The van der Waals surface area contributed by atoms with Crippen molar-refractivity contribution in [3.8, 4) is 0 Å². The first-order chi connectivity index (χ1) is 11.2. The molecule has 0 spiro atoms. The largest absolute Gasteiger partial charge is 0.284 e. The fourth-order valence-corrected chi connectivity index (χ4v) is 5.12. The Bertz CT molecular complexity index is 846. The van der Waals surface area contributed by atoms with Crippen molar-refractivity contribution in [1.29, 1.82) is 0 Å². The number of carbonyl (C=O) groups excluding carboxylic acids is 1. The summed E-state index contributed by atoms with van der Waals surface area (Å²) in [5.74, 6) is -0.00986. The zero-order valence-corrected chi connectivity index (χ0v) is 14.9. The van der Waals surface area contributed by atoms with Gasteiger partial charge < -0.3 is 0 Å². The van der Waals surface area contributed by atoms with Crippen molar-refractivity contribution < 1.29 is 4.79 Å². The summed E-state index contributed by atoms with van der Waals surface area (Å²) in [6.45, 7) is 2.10. The van der Waals surface area contributed by atoms with Gasteiger partial charge >= 0.3 is 0 Å². The molecule has 0 unspecified atom stereocenters. The van der Waals surface area contributed by atoms with Gasteiger partial charge in [-0.05, 0) is 46.8 Å². The van der Waals surface area contributed by atoms with Crippen LogP contribution in [0.15, 0.2) is 51.6 Å². The third-order valence-electron chi connectivity index (χ3n) is 3.86. The smallest absolute Gasteiger partial charge is 0.266 e. The van der Waals surface area contributed by atoms with Gasteiger partial charge in [0.2, 0.25) is 0 Å². The second-order valence-corrected chi connectivity index (χ2v) is 8.18. The van der Waals surface area contributed by atoms with Crippen LogP contribution in [0.2, 0.25) is 0 Å². The molecule has 0 N–H and O–H groups in total. The van der Waals surface area contributed by atoms with Crippen molar-refractivity contribution in [1.82, 2.24) is 5.01 Å². The summed E-state index contributed by atoms with van der Waals surface area (Å²) in [5, 5.41) is 12.4. The van der Waals surface area contributed by atoms with E-state index in [2.05, 4.69) is 29.5 Å². The van der Waals surface area contributed by atoms with E-state index in [1.54, 1.807) is 27.7 Å². The third kappa shape index (κ3) is 2.67. The highest BCUT2D eigenvalue weighted by molar-refractivity contribution is 7.12. The Kier molecular flexibility index (Phi) is 3.88. The number of nitrogens with zero attached hydrogens (tertiary/aromatic N) is 2. The van der Waals surface area contributed by atoms with Gasteiger partial charge in [0.1, 0.15) is 0 Å². The Labute approximate surface area is 146 Å². The third-order valence-corrected chi connectivity index (χ3v) is 6.76. The molecule has 0 saturated carbocycles. The second-order valence-electron chi connectivity index (χ2n) is 5.34. The summed E-state index contributed by atoms with van der Waals surface area (Å²) < 4.78 is 0. The first kappa shape index (κ1) is 14.8. The monoisotopic (exact) mass is 358 g/mol. The molecule has 4 rings (SSSR count). The van der Waals surface area contributed by atoms with E-state index in [0.29, 0.717) is 0 Å². The maximum atomic E-state index is 12.9. The summed E-state index contributed by atoms with van der Waals surface area (Å²) in [4.78, 5) is 16.0. The zero-order chi connectivity index (χ0) is 15.8. The Morgan fingerprint density at radius 2 is 1.96 bits per heavy atom. The molecule has 23 heavy (non-hydrogen) atoms. The minimum Gasteiger partial charge on any atom is -0.266 e. The lowest BCUT2D eigenvalue weighted by Gasteiger charge is -2.20. The molecule has 0 aromatic carbocycles. The van der Waals surface area contributed by atoms with Crippen LogP contribution in [0.3, 0.4) is 0 Å². The van der Waals surface area contributed by atoms with Crippen molar-refractivity contribution in [3.05, 3.63) is 66.7 Å². The van der Waals surface area contributed by atoms with Crippen LogP contribution in [0.4, 0.5) is 0 Å². The summed E-state index contributed by atoms with van der Waals surface area (Å²) in [6, 6.07) is 9.98. The average Bonchev–Trinajstić information content (AvgIpc) is 3.32. The van der Waals surface area contributed by atoms with E-state index < -0.39 is 0 Å². The van der Waals surface area contributed by atoms with Crippen LogP contribution in [-0.2, 0) is 0 Å². The molecule has 0 aliphatic carbocycles. The molecule has 1 amide bonds. The minimum absolute atomic E-state index is 0.00157. The maximum Gasteiger partial charge on any atom is 0.284 e. The van der Waals surface area contributed by atoms with Crippen molar-refractivity contribution in [3.63, 3.8) is 0 Å². The van der Waals surface area contributed by atoms with Crippen LogP contribution in [-0.4, -0.2) is 16.6 Å². The molecule has 1 aliphatic rings. The van der Waals surface area contributed by atoms with E-state index in [1.807, 2.05) is 29.0 Å². The van der Waals surface area contributed by atoms with Gasteiger partial charge in [0.05, 0.1) is 21.5 Å². The van der Waals surface area contributed by atoms with Crippen LogP contribution in [0.5, 0.6) is 0 Å². The van der Waals surface area contributed by atoms with Crippen molar-refractivity contribution in [2.45, 2.75) is 19.4 Å². The van der Waals surface area contributed by atoms with Crippen LogP contribution < -0.4 is 0 Å². The van der Waals surface area contributed by atoms with Crippen molar-refractivity contribution in [2.24, 2.45) is 5.10 Å². The molecule has 1 aliphatic heterocycles. The molecular formula is C17H14N2OS3. The number of hydrogen-bond acceptors (Lipinski definition) is 5. The molecular weight excluding hydrogens is 344 g/mol. The highest BCUT2D eigenvalue weighted by Gasteiger charge is 2.35. The Morgan fingerprint density at radius 3 is 2.61 bits per heavy atom. The molecule has 3 nitrogen and oxygen atoms in total. The van der Waals surface area contributed by atoms with Gasteiger partial charge in [-0.25, -0.2) is 5.01 Å². The molecule has 0 fully saturated rings. The van der Waals surface area contributed by atoms with Gasteiger partial charge in [-0.3, -0.25) is 4.79 Å². The van der Waals surface area contributed by atoms with Crippen LogP contribution in [0, 0.1) is 6.92 Å². The predicted molar refractivity (Wildman–Crippen MR) is 97.8 cm³/mol. The highest BCUT2D eigenvalue weighted by Crippen LogP contribution is 2.38. The summed E-state index contributed by atoms with van der Waals surface area (Å²) in [6.07, 6.45) is 0.777. The van der Waals surface area contributed by atoms with Gasteiger partial charge in [0.25, 0.3) is 5.91 Å². The molecule has 0 saturated heterocycles. The second kappa shape index (κ2) is 6.03. The zero-order valence-electron chi connectivity index (χ0n) is 12.4. The van der Waals surface area contributed by atoms with Gasteiger partial charge in [-0.15, -0.1) is 34.0 Å². The normalized spacial score (nSPS) is 17.5. The molecule has 3 aromatic rings. The first-order valence-electron chi connectivity index (χ1n) is 7.26. The molecule has 6 heteroatoms. The number of rotatable bonds is 3. The molecule has 0 radical (unpaired) electrons. The summed E-state index contributed by atoms with van der Waals surface area (Å²) >= 11 is 4.84. The van der Waals surface area contributed by atoms with Crippen LogP contribution >= 0.6 is 34.0 Å². The number of thiophene rings is 3. The lowest BCUT2D eigenvalue weighted by atomic mass is 10.1. The molecule has 116 valence electrons. The molecule has 3 aromatic heterocycles. The van der Waals surface area contributed by atoms with E-state index in [-0.39, 0.29) is 11.9 Å². The quantitative estimate of drug-likeness (QED) is 0.635. The van der Waals surface area contributed by atoms with Gasteiger partial charge in [-0.1, -0.05) is 12.1 Å². The van der Waals surface area contributed by atoms with Crippen LogP contribution in [0.25, 0.3) is 0 Å². The first-order valence-corrected chi connectivity index (χ1v) is 9.90. The van der Waals surface area contributed by atoms with Crippen LogP contribution in [0.1, 0.15) is 37.5 Å². The number of hydrogen-bond donors (Lipinski definition) is 0.